The van der Waals surface area contributed by atoms with E-state index in [0.717, 1.165) is 21.9 Å². The summed E-state index contributed by atoms with van der Waals surface area (Å²) < 4.78 is 4.94. The number of carbonyl (C=O) groups excluding carboxylic acids is 2. The van der Waals surface area contributed by atoms with Crippen LogP contribution in [-0.2, 0) is 16.0 Å². The third-order valence-electron chi connectivity index (χ3n) is 4.97. The Kier molecular flexibility index (Phi) is 5.70. The Morgan fingerprint density at radius 3 is 2.22 bits per heavy atom. The van der Waals surface area contributed by atoms with Crippen LogP contribution in [0.25, 0.3) is 10.8 Å². The molecule has 0 saturated carbocycles. The van der Waals surface area contributed by atoms with Crippen molar-refractivity contribution in [3.8, 4) is 0 Å². The van der Waals surface area contributed by atoms with Gasteiger partial charge < -0.3 is 4.74 Å². The molecule has 0 aromatic heterocycles. The Morgan fingerprint density at radius 1 is 0.889 bits per heavy atom. The average Bonchev–Trinajstić information content (AvgIpc) is 2.71. The summed E-state index contributed by atoms with van der Waals surface area (Å²) in [7, 11) is 1.33. The smallest absolute Gasteiger partial charge is 0.316 e. The highest BCUT2D eigenvalue weighted by atomic mass is 16.5. The topological polar surface area (TPSA) is 43.4 Å². The molecule has 3 nitrogen and oxygen atoms in total. The molecule has 0 bridgehead atoms. The van der Waals surface area contributed by atoms with Gasteiger partial charge in [0, 0.05) is 5.56 Å². The van der Waals surface area contributed by atoms with Gasteiger partial charge in [-0.3, -0.25) is 9.59 Å². The van der Waals surface area contributed by atoms with Crippen molar-refractivity contribution in [2.24, 2.45) is 5.92 Å². The SMILES string of the molecule is COC(=O)C(Cc1cccc2ccccc12)C(=O)c1ccc(C(C)C)cc1. The molecule has 3 heteroatoms. The van der Waals surface area contributed by atoms with Gasteiger partial charge in [-0.15, -0.1) is 0 Å². The van der Waals surface area contributed by atoms with Gasteiger partial charge in [0.05, 0.1) is 7.11 Å². The largest absolute Gasteiger partial charge is 0.468 e. The van der Waals surface area contributed by atoms with Crippen molar-refractivity contribution in [3.05, 3.63) is 83.4 Å². The maximum Gasteiger partial charge on any atom is 0.316 e. The minimum Gasteiger partial charge on any atom is -0.468 e. The van der Waals surface area contributed by atoms with E-state index in [1.807, 2.05) is 54.6 Å². The van der Waals surface area contributed by atoms with Crippen LogP contribution in [0.4, 0.5) is 0 Å². The molecule has 3 aromatic rings. The van der Waals surface area contributed by atoms with Crippen LogP contribution in [0.3, 0.4) is 0 Å². The standard InChI is InChI=1S/C24H24O3/c1-16(2)17-11-13-19(14-12-17)23(25)22(24(26)27-3)15-20-9-6-8-18-7-4-5-10-21(18)20/h4-14,16,22H,15H2,1-3H3. The Hall–Kier alpha value is -2.94. The second kappa shape index (κ2) is 8.17. The van der Waals surface area contributed by atoms with E-state index in [1.54, 1.807) is 12.1 Å². The first-order valence-electron chi connectivity index (χ1n) is 9.20. The third kappa shape index (κ3) is 4.08. The molecule has 0 amide bonds. The Morgan fingerprint density at radius 2 is 1.56 bits per heavy atom. The summed E-state index contributed by atoms with van der Waals surface area (Å²) in [6.45, 7) is 4.21. The summed E-state index contributed by atoms with van der Waals surface area (Å²) >= 11 is 0. The van der Waals surface area contributed by atoms with E-state index in [0.29, 0.717) is 17.9 Å². The van der Waals surface area contributed by atoms with Crippen LogP contribution < -0.4 is 0 Å². The fourth-order valence-electron chi connectivity index (χ4n) is 3.35. The summed E-state index contributed by atoms with van der Waals surface area (Å²) in [5, 5.41) is 2.14. The van der Waals surface area contributed by atoms with E-state index >= 15 is 0 Å². The number of hydrogen-bond donors (Lipinski definition) is 0. The molecule has 1 unspecified atom stereocenters. The minimum atomic E-state index is -0.856. The number of hydrogen-bond acceptors (Lipinski definition) is 3. The summed E-state index contributed by atoms with van der Waals surface area (Å²) in [4.78, 5) is 25.5. The van der Waals surface area contributed by atoms with Crippen LogP contribution in [0.1, 0.15) is 41.3 Å². The molecule has 0 aliphatic carbocycles. The predicted octanol–water partition coefficient (Wildman–Crippen LogP) is 5.18. The lowest BCUT2D eigenvalue weighted by Gasteiger charge is -2.16. The van der Waals surface area contributed by atoms with Crippen LogP contribution in [0.2, 0.25) is 0 Å². The predicted molar refractivity (Wildman–Crippen MR) is 108 cm³/mol. The van der Waals surface area contributed by atoms with E-state index in [1.165, 1.54) is 7.11 Å². The van der Waals surface area contributed by atoms with E-state index in [9.17, 15) is 9.59 Å². The van der Waals surface area contributed by atoms with E-state index in [2.05, 4.69) is 13.8 Å². The lowest BCUT2D eigenvalue weighted by atomic mass is 9.88. The van der Waals surface area contributed by atoms with Gasteiger partial charge in [-0.2, -0.15) is 0 Å². The van der Waals surface area contributed by atoms with Crippen LogP contribution in [0.15, 0.2) is 66.7 Å². The molecule has 0 aliphatic heterocycles. The Labute approximate surface area is 160 Å². The second-order valence-electron chi connectivity index (χ2n) is 7.06. The molecular formula is C24H24O3. The van der Waals surface area contributed by atoms with E-state index < -0.39 is 11.9 Å². The van der Waals surface area contributed by atoms with Crippen molar-refractivity contribution in [1.29, 1.82) is 0 Å². The van der Waals surface area contributed by atoms with E-state index in [4.69, 9.17) is 4.74 Å². The van der Waals surface area contributed by atoms with Gasteiger partial charge in [-0.1, -0.05) is 80.6 Å². The van der Waals surface area contributed by atoms with Gasteiger partial charge in [0.25, 0.3) is 0 Å². The number of esters is 1. The van der Waals surface area contributed by atoms with E-state index in [-0.39, 0.29) is 5.78 Å². The Balaban J connectivity index is 1.94. The molecule has 0 heterocycles. The van der Waals surface area contributed by atoms with Crippen molar-refractivity contribution in [2.45, 2.75) is 26.2 Å². The lowest BCUT2D eigenvalue weighted by Crippen LogP contribution is -2.27. The minimum absolute atomic E-state index is 0.204. The first kappa shape index (κ1) is 18.8. The zero-order valence-electron chi connectivity index (χ0n) is 15.9. The molecule has 3 rings (SSSR count). The number of ether oxygens (including phenoxy) is 1. The molecule has 0 radical (unpaired) electrons. The van der Waals surface area contributed by atoms with Gasteiger partial charge in [-0.05, 0) is 34.2 Å². The first-order valence-corrected chi connectivity index (χ1v) is 9.20. The molecule has 138 valence electrons. The van der Waals surface area contributed by atoms with Gasteiger partial charge >= 0.3 is 5.97 Å². The van der Waals surface area contributed by atoms with Crippen LogP contribution in [-0.4, -0.2) is 18.9 Å². The first-order chi connectivity index (χ1) is 13.0. The number of fused-ring (bicyclic) bond motifs is 1. The van der Waals surface area contributed by atoms with Crippen LogP contribution in [0.5, 0.6) is 0 Å². The summed E-state index contributed by atoms with van der Waals surface area (Å²) in [6.07, 6.45) is 0.318. The van der Waals surface area contributed by atoms with Crippen LogP contribution >= 0.6 is 0 Å². The fraction of sp³-hybridized carbons (Fsp3) is 0.250. The molecule has 0 spiro atoms. The number of methoxy groups -OCH3 is 1. The highest BCUT2D eigenvalue weighted by Gasteiger charge is 2.29. The van der Waals surface area contributed by atoms with Gasteiger partial charge in [0.1, 0.15) is 5.92 Å². The van der Waals surface area contributed by atoms with Gasteiger partial charge in [0.15, 0.2) is 5.78 Å². The molecular weight excluding hydrogens is 336 g/mol. The summed E-state index contributed by atoms with van der Waals surface area (Å²) in [5.41, 5.74) is 2.67. The highest BCUT2D eigenvalue weighted by Crippen LogP contribution is 2.24. The molecule has 0 fully saturated rings. The number of benzene rings is 3. The number of carbonyl (C=O) groups is 2. The monoisotopic (exact) mass is 360 g/mol. The zero-order chi connectivity index (χ0) is 19.4. The van der Waals surface area contributed by atoms with Crippen LogP contribution in [0, 0.1) is 5.92 Å². The number of rotatable bonds is 6. The summed E-state index contributed by atoms with van der Waals surface area (Å²) in [5.74, 6) is -1.17. The Bertz CT molecular complexity index is 950. The zero-order valence-corrected chi connectivity index (χ0v) is 15.9. The lowest BCUT2D eigenvalue weighted by molar-refractivity contribution is -0.143. The summed E-state index contributed by atoms with van der Waals surface area (Å²) in [6, 6.07) is 21.4. The van der Waals surface area contributed by atoms with Crippen molar-refractivity contribution >= 4 is 22.5 Å². The average molecular weight is 360 g/mol. The molecule has 0 saturated heterocycles. The molecule has 27 heavy (non-hydrogen) atoms. The molecule has 0 aliphatic rings. The third-order valence-corrected chi connectivity index (χ3v) is 4.97. The second-order valence-corrected chi connectivity index (χ2v) is 7.06. The normalized spacial score (nSPS) is 12.1. The van der Waals surface area contributed by atoms with Gasteiger partial charge in [0.2, 0.25) is 0 Å². The molecule has 3 aromatic carbocycles. The molecule has 0 N–H and O–H groups in total. The quantitative estimate of drug-likeness (QED) is 0.346. The van der Waals surface area contributed by atoms with Crippen molar-refractivity contribution in [2.75, 3.05) is 7.11 Å². The molecule has 1 atom stereocenters. The van der Waals surface area contributed by atoms with Crippen molar-refractivity contribution < 1.29 is 14.3 Å². The fourth-order valence-corrected chi connectivity index (χ4v) is 3.35. The highest BCUT2D eigenvalue weighted by molar-refractivity contribution is 6.09. The van der Waals surface area contributed by atoms with Crippen molar-refractivity contribution in [3.63, 3.8) is 0 Å². The van der Waals surface area contributed by atoms with Crippen molar-refractivity contribution in [1.82, 2.24) is 0 Å². The number of Topliss-reactive ketones (excluding diaryl/α,β-unsaturated/α-hetero) is 1. The maximum absolute atomic E-state index is 13.1. The number of ketones is 1. The van der Waals surface area contributed by atoms with Gasteiger partial charge in [-0.25, -0.2) is 0 Å². The maximum atomic E-state index is 13.1.